The van der Waals surface area contributed by atoms with E-state index >= 15 is 0 Å². The van der Waals surface area contributed by atoms with Crippen molar-refractivity contribution in [2.45, 2.75) is 62.2 Å². The van der Waals surface area contributed by atoms with E-state index in [9.17, 15) is 4.79 Å². The van der Waals surface area contributed by atoms with Crippen molar-refractivity contribution < 1.29 is 9.53 Å². The second kappa shape index (κ2) is 8.40. The highest BCUT2D eigenvalue weighted by Crippen LogP contribution is 2.50. The number of carbonyl (C=O) groups excluding carboxylic acids is 1. The van der Waals surface area contributed by atoms with Crippen LogP contribution >= 0.6 is 0 Å². The fourth-order valence-corrected chi connectivity index (χ4v) is 5.54. The molecule has 164 valence electrons. The van der Waals surface area contributed by atoms with Crippen molar-refractivity contribution in [2.75, 3.05) is 26.7 Å². The molecule has 1 amide bonds. The Morgan fingerprint density at radius 3 is 2.13 bits per heavy atom. The van der Waals surface area contributed by atoms with Crippen molar-refractivity contribution in [3.05, 3.63) is 71.8 Å². The Bertz CT molecular complexity index is 886. The van der Waals surface area contributed by atoms with Crippen molar-refractivity contribution in [3.8, 4) is 0 Å². The van der Waals surface area contributed by atoms with Crippen LogP contribution in [0.5, 0.6) is 0 Å². The fraction of sp³-hybridized carbons (Fsp3) is 0.519. The topological polar surface area (TPSA) is 32.8 Å². The Morgan fingerprint density at radius 1 is 0.935 bits per heavy atom. The number of likely N-dealkylation sites (N-methyl/N-ethyl adjacent to an activating group) is 1. The zero-order valence-corrected chi connectivity index (χ0v) is 18.6. The zero-order valence-electron chi connectivity index (χ0n) is 18.6. The van der Waals surface area contributed by atoms with Gasteiger partial charge in [0.2, 0.25) is 0 Å². The van der Waals surface area contributed by atoms with Crippen LogP contribution in [-0.4, -0.2) is 59.6 Å². The van der Waals surface area contributed by atoms with Crippen molar-refractivity contribution in [1.82, 2.24) is 9.80 Å². The van der Waals surface area contributed by atoms with Crippen LogP contribution in [0.25, 0.3) is 0 Å². The lowest BCUT2D eigenvalue weighted by Crippen LogP contribution is -2.60. The maximum absolute atomic E-state index is 13.2. The second-order valence-electron chi connectivity index (χ2n) is 9.94. The second-order valence-corrected chi connectivity index (χ2v) is 9.94. The summed E-state index contributed by atoms with van der Waals surface area (Å²) in [6.45, 7) is 2.58. The summed E-state index contributed by atoms with van der Waals surface area (Å²) in [5, 5.41) is 0. The molecule has 4 nitrogen and oxygen atoms in total. The van der Waals surface area contributed by atoms with Crippen molar-refractivity contribution in [1.29, 1.82) is 0 Å². The first kappa shape index (κ1) is 20.7. The summed E-state index contributed by atoms with van der Waals surface area (Å²) >= 11 is 0. The molecule has 0 atom stereocenters. The van der Waals surface area contributed by atoms with Crippen LogP contribution in [0.1, 0.15) is 54.4 Å². The Kier molecular flexibility index (Phi) is 5.61. The first-order chi connectivity index (χ1) is 15.1. The van der Waals surface area contributed by atoms with E-state index in [1.165, 1.54) is 5.56 Å². The van der Waals surface area contributed by atoms with Gasteiger partial charge in [0, 0.05) is 18.2 Å². The smallest absolute Gasteiger partial charge is 0.254 e. The van der Waals surface area contributed by atoms with Crippen LogP contribution in [0.4, 0.5) is 0 Å². The van der Waals surface area contributed by atoms with Crippen molar-refractivity contribution >= 4 is 5.91 Å². The van der Waals surface area contributed by atoms with Gasteiger partial charge >= 0.3 is 0 Å². The molecule has 2 spiro atoms. The fourth-order valence-electron chi connectivity index (χ4n) is 5.54. The first-order valence-corrected chi connectivity index (χ1v) is 11.9. The van der Waals surface area contributed by atoms with Gasteiger partial charge in [0.1, 0.15) is 0 Å². The minimum Gasteiger partial charge on any atom is -0.365 e. The van der Waals surface area contributed by atoms with E-state index in [1.807, 2.05) is 30.3 Å². The van der Waals surface area contributed by atoms with E-state index < -0.39 is 0 Å². The molecule has 1 heterocycles. The van der Waals surface area contributed by atoms with Crippen LogP contribution in [0, 0.1) is 0 Å². The average molecular weight is 419 g/mol. The molecule has 5 rings (SSSR count). The van der Waals surface area contributed by atoms with Gasteiger partial charge in [-0.2, -0.15) is 0 Å². The first-order valence-electron chi connectivity index (χ1n) is 11.9. The molecule has 0 radical (unpaired) electrons. The third-order valence-electron chi connectivity index (χ3n) is 7.59. The number of nitrogens with zero attached hydrogens (tertiary/aromatic N) is 2. The molecule has 1 aliphatic heterocycles. The van der Waals surface area contributed by atoms with Crippen molar-refractivity contribution in [3.63, 3.8) is 0 Å². The van der Waals surface area contributed by atoms with Gasteiger partial charge in [0.05, 0.1) is 24.3 Å². The Balaban J connectivity index is 1.21. The minimum absolute atomic E-state index is 0.0747. The third-order valence-corrected chi connectivity index (χ3v) is 7.59. The quantitative estimate of drug-likeness (QED) is 0.714. The summed E-state index contributed by atoms with van der Waals surface area (Å²) in [6.07, 6.45) is 7.67. The molecule has 2 aliphatic carbocycles. The lowest BCUT2D eigenvalue weighted by atomic mass is 9.79. The molecule has 3 fully saturated rings. The Labute approximate surface area is 186 Å². The van der Waals surface area contributed by atoms with E-state index in [0.29, 0.717) is 6.04 Å². The molecule has 0 aromatic heterocycles. The molecule has 31 heavy (non-hydrogen) atoms. The summed E-state index contributed by atoms with van der Waals surface area (Å²) in [4.78, 5) is 17.8. The molecule has 2 aromatic carbocycles. The highest BCUT2D eigenvalue weighted by atomic mass is 16.5. The molecule has 4 heteroatoms. The zero-order chi connectivity index (χ0) is 21.3. The van der Waals surface area contributed by atoms with Crippen LogP contribution < -0.4 is 0 Å². The number of amides is 1. The maximum Gasteiger partial charge on any atom is 0.254 e. The number of morpholine rings is 1. The highest BCUT2D eigenvalue weighted by molar-refractivity contribution is 5.94. The van der Waals surface area contributed by atoms with Crippen LogP contribution in [-0.2, 0) is 11.2 Å². The number of hydrogen-bond donors (Lipinski definition) is 0. The number of ether oxygens (including phenoxy) is 1. The maximum atomic E-state index is 13.2. The molecule has 0 unspecified atom stereocenters. The highest BCUT2D eigenvalue weighted by Gasteiger charge is 2.56. The molecule has 3 aliphatic rings. The van der Waals surface area contributed by atoms with E-state index in [1.54, 1.807) is 0 Å². The van der Waals surface area contributed by atoms with Crippen LogP contribution in [0.15, 0.2) is 60.7 Å². The van der Waals surface area contributed by atoms with Gasteiger partial charge in [-0.1, -0.05) is 48.5 Å². The van der Waals surface area contributed by atoms with Crippen LogP contribution in [0.2, 0.25) is 0 Å². The van der Waals surface area contributed by atoms with Crippen molar-refractivity contribution in [2.24, 2.45) is 0 Å². The third kappa shape index (κ3) is 4.56. The molecule has 2 aromatic rings. The summed E-state index contributed by atoms with van der Waals surface area (Å²) < 4.78 is 6.77. The van der Waals surface area contributed by atoms with Gasteiger partial charge < -0.3 is 14.5 Å². The van der Waals surface area contributed by atoms with Crippen LogP contribution in [0.3, 0.4) is 0 Å². The van der Waals surface area contributed by atoms with E-state index in [2.05, 4.69) is 47.2 Å². The normalized spacial score (nSPS) is 27.0. The van der Waals surface area contributed by atoms with Gasteiger partial charge in [-0.3, -0.25) is 4.79 Å². The Morgan fingerprint density at radius 2 is 1.52 bits per heavy atom. The van der Waals surface area contributed by atoms with E-state index in [0.717, 1.165) is 70.1 Å². The number of hydrogen-bond acceptors (Lipinski definition) is 3. The summed E-state index contributed by atoms with van der Waals surface area (Å²) in [7, 11) is 2.26. The predicted octanol–water partition coefficient (Wildman–Crippen LogP) is 4.55. The standard InChI is InChI=1S/C27H34N2O2/c1-28(19-14-22-8-4-2-5-9-22)24-12-15-26(16-13-24)20-29(21-27(31-26)17-18-27)25(30)23-10-6-3-7-11-23/h2-11,24H,12-21H2,1H3. The molecule has 1 saturated heterocycles. The molecule has 0 N–H and O–H groups in total. The summed E-state index contributed by atoms with van der Waals surface area (Å²) in [5.74, 6) is 0.164. The van der Waals surface area contributed by atoms with Gasteiger partial charge in [0.15, 0.2) is 0 Å². The number of benzene rings is 2. The van der Waals surface area contributed by atoms with E-state index in [-0.39, 0.29) is 17.1 Å². The van der Waals surface area contributed by atoms with Gasteiger partial charge in [-0.05, 0) is 69.7 Å². The van der Waals surface area contributed by atoms with Gasteiger partial charge in [0.25, 0.3) is 5.91 Å². The SMILES string of the molecule is CN(CCc1ccccc1)C1CCC2(CC1)CN(C(=O)c1ccccc1)CC1(CC1)O2. The molecular formula is C27H34N2O2. The Hall–Kier alpha value is -2.17. The molecule has 0 bridgehead atoms. The lowest BCUT2D eigenvalue weighted by Gasteiger charge is -2.51. The summed E-state index contributed by atoms with van der Waals surface area (Å²) in [6, 6.07) is 21.1. The number of rotatable bonds is 5. The lowest BCUT2D eigenvalue weighted by molar-refractivity contribution is -0.178. The molecule has 2 saturated carbocycles. The molecular weight excluding hydrogens is 384 g/mol. The summed E-state index contributed by atoms with van der Waals surface area (Å²) in [5.41, 5.74) is 1.97. The predicted molar refractivity (Wildman–Crippen MR) is 123 cm³/mol. The van der Waals surface area contributed by atoms with Gasteiger partial charge in [-0.25, -0.2) is 0 Å². The van der Waals surface area contributed by atoms with E-state index in [4.69, 9.17) is 4.74 Å². The number of carbonyl (C=O) groups is 1. The minimum atomic E-state index is -0.157. The average Bonchev–Trinajstić information content (AvgIpc) is 3.55. The largest absolute Gasteiger partial charge is 0.365 e. The monoisotopic (exact) mass is 418 g/mol. The van der Waals surface area contributed by atoms with Gasteiger partial charge in [-0.15, -0.1) is 0 Å².